The zero-order chi connectivity index (χ0) is 11.0. The first-order valence-corrected chi connectivity index (χ1v) is 7.95. The molecule has 0 saturated heterocycles. The van der Waals surface area contributed by atoms with Gasteiger partial charge in [0.25, 0.3) is 0 Å². The van der Waals surface area contributed by atoms with E-state index in [2.05, 4.69) is 31.0 Å². The van der Waals surface area contributed by atoms with Gasteiger partial charge in [-0.15, -0.1) is 0 Å². The maximum absolute atomic E-state index is 10.7. The van der Waals surface area contributed by atoms with Gasteiger partial charge in [0.15, 0.2) is 8.32 Å². The molecule has 5 heteroatoms. The van der Waals surface area contributed by atoms with E-state index in [9.17, 15) is 4.79 Å². The molecule has 0 heterocycles. The lowest BCUT2D eigenvalue weighted by molar-refractivity contribution is 0.0801. The summed E-state index contributed by atoms with van der Waals surface area (Å²) in [6.07, 6.45) is 1.02. The van der Waals surface area contributed by atoms with Gasteiger partial charge in [-0.3, -0.25) is 0 Å². The van der Waals surface area contributed by atoms with E-state index in [4.69, 9.17) is 9.16 Å². The van der Waals surface area contributed by atoms with Gasteiger partial charge in [0.2, 0.25) is 0 Å². The van der Waals surface area contributed by atoms with Crippen LogP contribution in [0, 0.1) is 0 Å². The number of hydrogen-bond donors (Lipinski definition) is 0. The van der Waals surface area contributed by atoms with Crippen LogP contribution in [-0.4, -0.2) is 27.7 Å². The number of rotatable bonds is 6. The van der Waals surface area contributed by atoms with Crippen LogP contribution in [0.1, 0.15) is 6.42 Å². The van der Waals surface area contributed by atoms with E-state index in [1.807, 2.05) is 0 Å². The summed E-state index contributed by atoms with van der Waals surface area (Å²) in [7, 11) is -1.44. The van der Waals surface area contributed by atoms with Crippen LogP contribution in [0.4, 0.5) is 4.79 Å². The molecule has 0 aromatic heterocycles. The summed E-state index contributed by atoms with van der Waals surface area (Å²) in [5.41, 5.74) is 0. The van der Waals surface area contributed by atoms with Crippen LogP contribution in [0.3, 0.4) is 0 Å². The predicted octanol–water partition coefficient (Wildman–Crippen LogP) is 2.52. The molecule has 0 saturated carbocycles. The normalized spacial score (nSPS) is 10.8. The zero-order valence-electron chi connectivity index (χ0n) is 9.04. The molecule has 0 aromatic carbocycles. The van der Waals surface area contributed by atoms with Crippen molar-refractivity contribution in [2.24, 2.45) is 0 Å². The van der Waals surface area contributed by atoms with Gasteiger partial charge in [-0.05, 0) is 19.6 Å². The predicted molar refractivity (Wildman–Crippen MR) is 56.5 cm³/mol. The van der Waals surface area contributed by atoms with Crippen molar-refractivity contribution in [2.45, 2.75) is 26.1 Å². The molecule has 4 nitrogen and oxygen atoms in total. The first-order valence-electron chi connectivity index (χ1n) is 4.54. The van der Waals surface area contributed by atoms with Gasteiger partial charge in [0.1, 0.15) is 0 Å². The molecule has 0 amide bonds. The van der Waals surface area contributed by atoms with E-state index in [0.29, 0.717) is 19.6 Å². The molecule has 0 aliphatic rings. The summed E-state index contributed by atoms with van der Waals surface area (Å²) in [4.78, 5) is 10.7. The minimum Gasteiger partial charge on any atom is -0.434 e. The minimum atomic E-state index is -1.44. The maximum atomic E-state index is 10.7. The molecule has 0 aliphatic carbocycles. The highest BCUT2D eigenvalue weighted by molar-refractivity contribution is 6.69. The third-order valence-corrected chi connectivity index (χ3v) is 2.29. The fourth-order valence-corrected chi connectivity index (χ4v) is 1.45. The molecule has 0 radical (unpaired) electrons. The van der Waals surface area contributed by atoms with Crippen LogP contribution >= 0.6 is 0 Å². The standard InChI is InChI=1S/C9H18O4Si/c1-5-11-9(10)12-7-6-8-13-14(2,3)4/h5H,1,6-8H2,2-4H3. The first-order chi connectivity index (χ1) is 6.45. The Kier molecular flexibility index (Phi) is 6.23. The Labute approximate surface area is 86.0 Å². The van der Waals surface area contributed by atoms with Gasteiger partial charge in [-0.25, -0.2) is 4.79 Å². The highest BCUT2D eigenvalue weighted by atomic mass is 28.4. The van der Waals surface area contributed by atoms with Crippen LogP contribution < -0.4 is 0 Å². The Bertz CT molecular complexity index is 186. The van der Waals surface area contributed by atoms with E-state index in [1.54, 1.807) is 0 Å². The molecule has 0 atom stereocenters. The van der Waals surface area contributed by atoms with Gasteiger partial charge < -0.3 is 13.9 Å². The van der Waals surface area contributed by atoms with Crippen molar-refractivity contribution >= 4 is 14.5 Å². The molecule has 0 rings (SSSR count). The Balaban J connectivity index is 3.30. The van der Waals surface area contributed by atoms with Crippen LogP contribution in [0.5, 0.6) is 0 Å². The molecular weight excluding hydrogens is 200 g/mol. The van der Waals surface area contributed by atoms with Crippen LogP contribution in [0.2, 0.25) is 19.6 Å². The van der Waals surface area contributed by atoms with Crippen molar-refractivity contribution in [3.05, 3.63) is 12.8 Å². The van der Waals surface area contributed by atoms with E-state index in [0.717, 1.165) is 6.26 Å². The Morgan fingerprint density at radius 3 is 2.50 bits per heavy atom. The molecule has 0 unspecified atom stereocenters. The van der Waals surface area contributed by atoms with Crippen molar-refractivity contribution in [1.29, 1.82) is 0 Å². The van der Waals surface area contributed by atoms with E-state index in [1.165, 1.54) is 0 Å². The van der Waals surface area contributed by atoms with Crippen molar-refractivity contribution in [2.75, 3.05) is 13.2 Å². The summed E-state index contributed by atoms with van der Waals surface area (Å²) in [5, 5.41) is 0. The lowest BCUT2D eigenvalue weighted by atomic mass is 10.5. The Hall–Kier alpha value is -0.813. The Morgan fingerprint density at radius 1 is 1.36 bits per heavy atom. The average Bonchev–Trinajstić information content (AvgIpc) is 2.02. The van der Waals surface area contributed by atoms with Crippen LogP contribution in [0.15, 0.2) is 12.8 Å². The summed E-state index contributed by atoms with van der Waals surface area (Å²) in [6.45, 7) is 10.5. The number of carbonyl (C=O) groups excluding carboxylic acids is 1. The van der Waals surface area contributed by atoms with E-state index < -0.39 is 14.5 Å². The summed E-state index contributed by atoms with van der Waals surface area (Å²) in [6, 6.07) is 0. The monoisotopic (exact) mass is 218 g/mol. The molecule has 14 heavy (non-hydrogen) atoms. The SMILES string of the molecule is C=COC(=O)OCCCO[Si](C)(C)C. The second-order valence-corrected chi connectivity index (χ2v) is 8.21. The smallest absolute Gasteiger partial charge is 0.434 e. The number of ether oxygens (including phenoxy) is 2. The molecule has 0 aliphatic heterocycles. The zero-order valence-corrected chi connectivity index (χ0v) is 10.0. The molecule has 0 fully saturated rings. The van der Waals surface area contributed by atoms with Gasteiger partial charge in [-0.2, -0.15) is 0 Å². The number of hydrogen-bond acceptors (Lipinski definition) is 4. The molecule has 0 N–H and O–H groups in total. The fraction of sp³-hybridized carbons (Fsp3) is 0.667. The second kappa shape index (κ2) is 6.61. The summed E-state index contributed by atoms with van der Waals surface area (Å²) >= 11 is 0. The van der Waals surface area contributed by atoms with Crippen molar-refractivity contribution in [1.82, 2.24) is 0 Å². The van der Waals surface area contributed by atoms with Gasteiger partial charge in [0, 0.05) is 13.0 Å². The molecule has 0 spiro atoms. The first kappa shape index (κ1) is 13.2. The molecular formula is C9H18O4Si. The molecule has 0 bridgehead atoms. The summed E-state index contributed by atoms with van der Waals surface area (Å²) < 4.78 is 14.6. The molecule has 0 aromatic rings. The van der Waals surface area contributed by atoms with E-state index in [-0.39, 0.29) is 0 Å². The lowest BCUT2D eigenvalue weighted by Crippen LogP contribution is -2.26. The van der Waals surface area contributed by atoms with Crippen molar-refractivity contribution < 1.29 is 18.7 Å². The van der Waals surface area contributed by atoms with Crippen molar-refractivity contribution in [3.8, 4) is 0 Å². The highest BCUT2D eigenvalue weighted by Crippen LogP contribution is 2.02. The number of carbonyl (C=O) groups is 1. The largest absolute Gasteiger partial charge is 0.513 e. The topological polar surface area (TPSA) is 44.8 Å². The average molecular weight is 218 g/mol. The fourth-order valence-electron chi connectivity index (χ4n) is 0.695. The van der Waals surface area contributed by atoms with E-state index >= 15 is 0 Å². The third kappa shape index (κ3) is 9.28. The van der Waals surface area contributed by atoms with Crippen LogP contribution in [-0.2, 0) is 13.9 Å². The second-order valence-electron chi connectivity index (χ2n) is 3.70. The lowest BCUT2D eigenvalue weighted by Gasteiger charge is -2.16. The minimum absolute atomic E-state index is 0.317. The van der Waals surface area contributed by atoms with Crippen LogP contribution in [0.25, 0.3) is 0 Å². The quantitative estimate of drug-likeness (QED) is 0.297. The maximum Gasteiger partial charge on any atom is 0.513 e. The van der Waals surface area contributed by atoms with Gasteiger partial charge >= 0.3 is 6.16 Å². The van der Waals surface area contributed by atoms with Gasteiger partial charge in [0.05, 0.1) is 12.9 Å². The van der Waals surface area contributed by atoms with Gasteiger partial charge in [-0.1, -0.05) is 6.58 Å². The van der Waals surface area contributed by atoms with Crippen molar-refractivity contribution in [3.63, 3.8) is 0 Å². The molecule has 82 valence electrons. The highest BCUT2D eigenvalue weighted by Gasteiger charge is 2.13. The summed E-state index contributed by atoms with van der Waals surface area (Å²) in [5.74, 6) is 0. The third-order valence-electron chi connectivity index (χ3n) is 1.22. The Morgan fingerprint density at radius 2 is 2.00 bits per heavy atom.